The van der Waals surface area contributed by atoms with Crippen LogP contribution >= 0.6 is 11.3 Å². The fraction of sp³-hybridized carbons (Fsp3) is 0.278. The van der Waals surface area contributed by atoms with Crippen molar-refractivity contribution in [1.29, 1.82) is 0 Å². The normalized spacial score (nSPS) is 17.2. The van der Waals surface area contributed by atoms with Gasteiger partial charge in [-0.2, -0.15) is 0 Å². The van der Waals surface area contributed by atoms with Gasteiger partial charge < -0.3 is 15.1 Å². The van der Waals surface area contributed by atoms with Gasteiger partial charge in [-0.3, -0.25) is 14.9 Å². The first-order valence-corrected chi connectivity index (χ1v) is 9.28. The van der Waals surface area contributed by atoms with E-state index in [4.69, 9.17) is 4.42 Å². The highest BCUT2D eigenvalue weighted by molar-refractivity contribution is 7.22. The molecule has 134 valence electrons. The fourth-order valence-electron chi connectivity index (χ4n) is 2.94. The van der Waals surface area contributed by atoms with E-state index in [-0.39, 0.29) is 23.5 Å². The number of anilines is 2. The van der Waals surface area contributed by atoms with Crippen molar-refractivity contribution in [3.05, 3.63) is 42.4 Å². The molecule has 1 unspecified atom stereocenters. The van der Waals surface area contributed by atoms with E-state index in [2.05, 4.69) is 20.9 Å². The van der Waals surface area contributed by atoms with Crippen LogP contribution in [0.2, 0.25) is 0 Å². The first-order chi connectivity index (χ1) is 12.7. The van der Waals surface area contributed by atoms with Gasteiger partial charge in [0, 0.05) is 12.2 Å². The molecule has 0 radical (unpaired) electrons. The molecular weight excluding hydrogens is 352 g/mol. The molecule has 0 spiro atoms. The summed E-state index contributed by atoms with van der Waals surface area (Å²) < 4.78 is 5.96. The molecule has 0 saturated carbocycles. The van der Waals surface area contributed by atoms with Crippen LogP contribution in [0.4, 0.5) is 10.8 Å². The minimum atomic E-state index is -0.340. The highest BCUT2D eigenvalue weighted by Gasteiger charge is 2.21. The summed E-state index contributed by atoms with van der Waals surface area (Å²) in [5, 5.41) is 9.43. The van der Waals surface area contributed by atoms with Crippen molar-refractivity contribution >= 4 is 44.2 Å². The number of furan rings is 1. The predicted molar refractivity (Wildman–Crippen MR) is 101 cm³/mol. The van der Waals surface area contributed by atoms with Crippen molar-refractivity contribution < 1.29 is 14.0 Å². The summed E-state index contributed by atoms with van der Waals surface area (Å²) in [5.41, 5.74) is 1.50. The Bertz CT molecular complexity index is 929. The van der Waals surface area contributed by atoms with E-state index < -0.39 is 0 Å². The van der Waals surface area contributed by atoms with E-state index in [1.165, 1.54) is 17.6 Å². The maximum Gasteiger partial charge on any atom is 0.293 e. The Morgan fingerprint density at radius 3 is 2.96 bits per heavy atom. The standard InChI is InChI=1S/C18H18N4O3S/c23-16(11-3-1-7-19-10-11)20-12-5-6-13-15(9-12)26-18(21-13)22-17(24)14-4-2-8-25-14/h2,4-6,8-9,11,19H,1,3,7,10H2,(H,20,23)(H,21,22,24). The van der Waals surface area contributed by atoms with Crippen LogP contribution in [0.5, 0.6) is 0 Å². The zero-order valence-corrected chi connectivity index (χ0v) is 14.8. The number of thiazole rings is 1. The van der Waals surface area contributed by atoms with Gasteiger partial charge in [0.1, 0.15) is 0 Å². The average Bonchev–Trinajstić information content (AvgIpc) is 3.31. The van der Waals surface area contributed by atoms with Gasteiger partial charge in [0.25, 0.3) is 5.91 Å². The monoisotopic (exact) mass is 370 g/mol. The Kier molecular flexibility index (Phi) is 4.68. The summed E-state index contributed by atoms with van der Waals surface area (Å²) in [5.74, 6) is -0.0675. The molecule has 7 nitrogen and oxygen atoms in total. The molecule has 3 aromatic rings. The molecule has 1 aliphatic heterocycles. The van der Waals surface area contributed by atoms with Gasteiger partial charge in [-0.15, -0.1) is 0 Å². The average molecular weight is 370 g/mol. The molecule has 0 aliphatic carbocycles. The van der Waals surface area contributed by atoms with Crippen molar-refractivity contribution in [3.63, 3.8) is 0 Å². The zero-order chi connectivity index (χ0) is 17.9. The van der Waals surface area contributed by atoms with Gasteiger partial charge in [0.15, 0.2) is 10.9 Å². The van der Waals surface area contributed by atoms with Crippen LogP contribution in [0.1, 0.15) is 23.4 Å². The Hall–Kier alpha value is -2.71. The van der Waals surface area contributed by atoms with Gasteiger partial charge in [-0.25, -0.2) is 4.98 Å². The number of aromatic nitrogens is 1. The second-order valence-electron chi connectivity index (χ2n) is 6.17. The Labute approximate surface area is 153 Å². The molecule has 2 amide bonds. The van der Waals surface area contributed by atoms with Crippen molar-refractivity contribution in [2.45, 2.75) is 12.8 Å². The second-order valence-corrected chi connectivity index (χ2v) is 7.20. The van der Waals surface area contributed by atoms with Crippen molar-refractivity contribution in [2.24, 2.45) is 5.92 Å². The van der Waals surface area contributed by atoms with Gasteiger partial charge in [0.2, 0.25) is 5.91 Å². The van der Waals surface area contributed by atoms with Crippen LogP contribution in [0.25, 0.3) is 10.2 Å². The van der Waals surface area contributed by atoms with Crippen LogP contribution in [-0.4, -0.2) is 29.9 Å². The summed E-state index contributed by atoms with van der Waals surface area (Å²) in [6.45, 7) is 1.70. The predicted octanol–water partition coefficient (Wildman–Crippen LogP) is 3.08. The minimum Gasteiger partial charge on any atom is -0.459 e. The van der Waals surface area contributed by atoms with Crippen molar-refractivity contribution in [3.8, 4) is 0 Å². The number of benzene rings is 1. The van der Waals surface area contributed by atoms with E-state index in [0.717, 1.165) is 41.8 Å². The Balaban J connectivity index is 1.47. The number of rotatable bonds is 4. The number of nitrogens with zero attached hydrogens (tertiary/aromatic N) is 1. The molecular formula is C18H18N4O3S. The number of piperidine rings is 1. The lowest BCUT2D eigenvalue weighted by Crippen LogP contribution is -2.37. The van der Waals surface area contributed by atoms with Gasteiger partial charge in [-0.1, -0.05) is 11.3 Å². The van der Waals surface area contributed by atoms with Crippen LogP contribution < -0.4 is 16.0 Å². The van der Waals surface area contributed by atoms with Crippen molar-refractivity contribution in [1.82, 2.24) is 10.3 Å². The van der Waals surface area contributed by atoms with E-state index >= 15 is 0 Å². The van der Waals surface area contributed by atoms with Crippen LogP contribution in [0.3, 0.4) is 0 Å². The number of hydrogen-bond donors (Lipinski definition) is 3. The van der Waals surface area contributed by atoms with Crippen LogP contribution in [0.15, 0.2) is 41.0 Å². The molecule has 1 aromatic carbocycles. The van der Waals surface area contributed by atoms with E-state index in [9.17, 15) is 9.59 Å². The molecule has 0 bridgehead atoms. The van der Waals surface area contributed by atoms with Gasteiger partial charge in [0.05, 0.1) is 22.4 Å². The molecule has 26 heavy (non-hydrogen) atoms. The highest BCUT2D eigenvalue weighted by Crippen LogP contribution is 2.29. The molecule has 2 aromatic heterocycles. The number of carbonyl (C=O) groups is 2. The smallest absolute Gasteiger partial charge is 0.293 e. The van der Waals surface area contributed by atoms with Crippen molar-refractivity contribution in [2.75, 3.05) is 23.7 Å². The summed E-state index contributed by atoms with van der Waals surface area (Å²) >= 11 is 1.35. The first kappa shape index (κ1) is 16.7. The number of amides is 2. The number of carbonyl (C=O) groups excluding carboxylic acids is 2. The van der Waals surface area contributed by atoms with Gasteiger partial charge in [-0.05, 0) is 49.7 Å². The van der Waals surface area contributed by atoms with E-state index in [1.54, 1.807) is 12.1 Å². The van der Waals surface area contributed by atoms with Gasteiger partial charge >= 0.3 is 0 Å². The SMILES string of the molecule is O=C(Nc1nc2ccc(NC(=O)C3CCCNC3)cc2s1)c1ccco1. The molecule has 3 N–H and O–H groups in total. The quantitative estimate of drug-likeness (QED) is 0.656. The second kappa shape index (κ2) is 7.27. The number of hydrogen-bond acceptors (Lipinski definition) is 6. The number of fused-ring (bicyclic) bond motifs is 1. The largest absolute Gasteiger partial charge is 0.459 e. The Morgan fingerprint density at radius 2 is 2.19 bits per heavy atom. The lowest BCUT2D eigenvalue weighted by Gasteiger charge is -2.21. The molecule has 1 fully saturated rings. The minimum absolute atomic E-state index is 0.00375. The number of nitrogens with one attached hydrogen (secondary N) is 3. The summed E-state index contributed by atoms with van der Waals surface area (Å²) in [4.78, 5) is 28.8. The molecule has 3 heterocycles. The highest BCUT2D eigenvalue weighted by atomic mass is 32.1. The summed E-state index contributed by atoms with van der Waals surface area (Å²) in [6.07, 6.45) is 3.37. The lowest BCUT2D eigenvalue weighted by atomic mass is 9.99. The third kappa shape index (κ3) is 3.61. The maximum absolute atomic E-state index is 12.4. The zero-order valence-electron chi connectivity index (χ0n) is 14.0. The van der Waals surface area contributed by atoms with E-state index in [1.807, 2.05) is 18.2 Å². The molecule has 1 atom stereocenters. The third-order valence-electron chi connectivity index (χ3n) is 4.29. The lowest BCUT2D eigenvalue weighted by molar-refractivity contribution is -0.120. The third-order valence-corrected chi connectivity index (χ3v) is 5.22. The molecule has 8 heteroatoms. The van der Waals surface area contributed by atoms with Crippen LogP contribution in [0, 0.1) is 5.92 Å². The maximum atomic E-state index is 12.4. The molecule has 1 aliphatic rings. The molecule has 1 saturated heterocycles. The first-order valence-electron chi connectivity index (χ1n) is 8.46. The summed E-state index contributed by atoms with van der Waals surface area (Å²) in [6, 6.07) is 8.79. The Morgan fingerprint density at radius 1 is 1.27 bits per heavy atom. The van der Waals surface area contributed by atoms with E-state index in [0.29, 0.717) is 5.13 Å². The fourth-order valence-corrected chi connectivity index (χ4v) is 3.84. The van der Waals surface area contributed by atoms with Crippen LogP contribution in [-0.2, 0) is 4.79 Å². The molecule has 4 rings (SSSR count). The summed E-state index contributed by atoms with van der Waals surface area (Å²) in [7, 11) is 0. The topological polar surface area (TPSA) is 96.3 Å².